The van der Waals surface area contributed by atoms with Crippen LogP contribution in [0.5, 0.6) is 0 Å². The van der Waals surface area contributed by atoms with Crippen LogP contribution in [0.4, 0.5) is 0 Å². The predicted octanol–water partition coefficient (Wildman–Crippen LogP) is 5.30. The topological polar surface area (TPSA) is 68.7 Å². The van der Waals surface area contributed by atoms with Gasteiger partial charge in [-0.3, -0.25) is 4.79 Å². The maximum absolute atomic E-state index is 12.8. The molecule has 0 aliphatic rings. The van der Waals surface area contributed by atoms with E-state index in [4.69, 9.17) is 5.26 Å². The van der Waals surface area contributed by atoms with Crippen molar-refractivity contribution in [2.75, 3.05) is 6.54 Å². The monoisotopic (exact) mass is 411 g/mol. The van der Waals surface area contributed by atoms with E-state index in [-0.39, 0.29) is 5.91 Å². The number of benzene rings is 3. The number of carbonyl (C=O) groups excluding carboxylic acids is 1. The highest BCUT2D eigenvalue weighted by Gasteiger charge is 2.12. The summed E-state index contributed by atoms with van der Waals surface area (Å²) in [5.74, 6) is 0.684. The summed E-state index contributed by atoms with van der Waals surface area (Å²) in [7, 11) is 0. The Balaban J connectivity index is 1.37. The predicted molar refractivity (Wildman–Crippen MR) is 121 cm³/mol. The molecule has 0 spiro atoms. The molecule has 4 nitrogen and oxygen atoms in total. The molecular weight excluding hydrogens is 390 g/mol. The Hall–Kier alpha value is -3.49. The lowest BCUT2D eigenvalue weighted by atomic mass is 10.1. The Labute approximate surface area is 179 Å². The van der Waals surface area contributed by atoms with Crippen molar-refractivity contribution in [1.29, 1.82) is 5.26 Å². The van der Waals surface area contributed by atoms with Crippen LogP contribution in [0.3, 0.4) is 0 Å². The smallest absolute Gasteiger partial charge is 0.252 e. The van der Waals surface area contributed by atoms with Gasteiger partial charge in [0.05, 0.1) is 17.2 Å². The molecule has 0 aliphatic heterocycles. The van der Waals surface area contributed by atoms with Gasteiger partial charge >= 0.3 is 0 Å². The van der Waals surface area contributed by atoms with E-state index in [1.807, 2.05) is 66.9 Å². The minimum Gasteiger partial charge on any atom is -0.361 e. The minimum atomic E-state index is -0.0576. The van der Waals surface area contributed by atoms with E-state index in [0.29, 0.717) is 17.7 Å². The second kappa shape index (κ2) is 9.34. The first-order chi connectivity index (χ1) is 14.7. The van der Waals surface area contributed by atoms with E-state index < -0.39 is 0 Å². The number of hydrogen-bond acceptors (Lipinski definition) is 3. The molecule has 0 fully saturated rings. The molecule has 1 heterocycles. The molecule has 0 bridgehead atoms. The molecule has 4 rings (SSSR count). The Kier molecular flexibility index (Phi) is 6.17. The van der Waals surface area contributed by atoms with Crippen LogP contribution in [0.15, 0.2) is 83.9 Å². The van der Waals surface area contributed by atoms with Crippen molar-refractivity contribution in [3.05, 3.63) is 101 Å². The zero-order valence-electron chi connectivity index (χ0n) is 16.4. The number of H-pyrrole nitrogens is 1. The standard InChI is InChI=1S/C25H21N3OS/c26-15-18-9-11-19(12-10-18)17-30-24-8-4-2-6-22(24)25(29)27-14-13-20-16-28-23-7-3-1-5-21(20)23/h1-12,16,28H,13-14,17H2,(H,27,29). The molecule has 1 aromatic heterocycles. The van der Waals surface area contributed by atoms with Gasteiger partial charge in [0.2, 0.25) is 0 Å². The molecule has 1 amide bonds. The number of amides is 1. The summed E-state index contributed by atoms with van der Waals surface area (Å²) in [6, 6.07) is 25.5. The highest BCUT2D eigenvalue weighted by molar-refractivity contribution is 7.98. The number of thioether (sulfide) groups is 1. The van der Waals surface area contributed by atoms with Gasteiger partial charge in [0.25, 0.3) is 5.91 Å². The van der Waals surface area contributed by atoms with Crippen molar-refractivity contribution in [1.82, 2.24) is 10.3 Å². The molecule has 0 saturated heterocycles. The number of para-hydroxylation sites is 1. The Morgan fingerprint density at radius 2 is 1.77 bits per heavy atom. The van der Waals surface area contributed by atoms with Gasteiger partial charge in [0.15, 0.2) is 0 Å². The lowest BCUT2D eigenvalue weighted by molar-refractivity contribution is 0.0951. The number of nitriles is 1. The number of aromatic amines is 1. The lowest BCUT2D eigenvalue weighted by Crippen LogP contribution is -2.26. The van der Waals surface area contributed by atoms with Gasteiger partial charge in [0.1, 0.15) is 0 Å². The van der Waals surface area contributed by atoms with Crippen LogP contribution in [0.25, 0.3) is 10.9 Å². The summed E-state index contributed by atoms with van der Waals surface area (Å²) >= 11 is 1.63. The average molecular weight is 412 g/mol. The molecule has 3 aromatic carbocycles. The quantitative estimate of drug-likeness (QED) is 0.405. The number of nitrogens with zero attached hydrogens (tertiary/aromatic N) is 1. The zero-order chi connectivity index (χ0) is 20.8. The summed E-state index contributed by atoms with van der Waals surface area (Å²) < 4.78 is 0. The maximum Gasteiger partial charge on any atom is 0.252 e. The van der Waals surface area contributed by atoms with Gasteiger partial charge < -0.3 is 10.3 Å². The average Bonchev–Trinajstić information content (AvgIpc) is 3.21. The third-order valence-corrected chi connectivity index (χ3v) is 6.11. The highest BCUT2D eigenvalue weighted by atomic mass is 32.2. The van der Waals surface area contributed by atoms with E-state index in [1.54, 1.807) is 11.8 Å². The van der Waals surface area contributed by atoms with Gasteiger partial charge in [-0.05, 0) is 47.9 Å². The highest BCUT2D eigenvalue weighted by Crippen LogP contribution is 2.26. The van der Waals surface area contributed by atoms with Gasteiger partial charge in [-0.25, -0.2) is 0 Å². The van der Waals surface area contributed by atoms with Crippen LogP contribution in [-0.4, -0.2) is 17.4 Å². The van der Waals surface area contributed by atoms with E-state index in [0.717, 1.165) is 28.1 Å². The number of aromatic nitrogens is 1. The van der Waals surface area contributed by atoms with Crippen molar-refractivity contribution in [2.45, 2.75) is 17.1 Å². The number of fused-ring (bicyclic) bond motifs is 1. The molecule has 4 aromatic rings. The summed E-state index contributed by atoms with van der Waals surface area (Å²) in [5, 5.41) is 13.2. The third-order valence-electron chi connectivity index (χ3n) is 4.96. The number of nitrogens with one attached hydrogen (secondary N) is 2. The van der Waals surface area contributed by atoms with Crippen molar-refractivity contribution in [2.24, 2.45) is 0 Å². The van der Waals surface area contributed by atoms with Crippen LogP contribution in [0.2, 0.25) is 0 Å². The fourth-order valence-corrected chi connectivity index (χ4v) is 4.37. The van der Waals surface area contributed by atoms with E-state index in [9.17, 15) is 4.79 Å². The van der Waals surface area contributed by atoms with Gasteiger partial charge in [0, 0.05) is 34.3 Å². The van der Waals surface area contributed by atoms with Crippen LogP contribution in [0, 0.1) is 11.3 Å². The van der Waals surface area contributed by atoms with Gasteiger partial charge in [-0.1, -0.05) is 42.5 Å². The van der Waals surface area contributed by atoms with Crippen molar-refractivity contribution < 1.29 is 4.79 Å². The van der Waals surface area contributed by atoms with Crippen molar-refractivity contribution >= 4 is 28.6 Å². The lowest BCUT2D eigenvalue weighted by Gasteiger charge is -2.10. The molecule has 0 atom stereocenters. The summed E-state index contributed by atoms with van der Waals surface area (Å²) in [6.45, 7) is 0.579. The SMILES string of the molecule is N#Cc1ccc(CSc2ccccc2C(=O)NCCc2c[nH]c3ccccc23)cc1. The molecule has 5 heteroatoms. The van der Waals surface area contributed by atoms with Gasteiger partial charge in [-0.2, -0.15) is 5.26 Å². The zero-order valence-corrected chi connectivity index (χ0v) is 17.2. The van der Waals surface area contributed by atoms with E-state index in [2.05, 4.69) is 28.5 Å². The van der Waals surface area contributed by atoms with Crippen LogP contribution in [0.1, 0.15) is 27.0 Å². The molecular formula is C25H21N3OS. The number of rotatable bonds is 7. The maximum atomic E-state index is 12.8. The first-order valence-electron chi connectivity index (χ1n) is 9.78. The Morgan fingerprint density at radius 3 is 2.60 bits per heavy atom. The van der Waals surface area contributed by atoms with Crippen LogP contribution >= 0.6 is 11.8 Å². The molecule has 0 unspecified atom stereocenters. The molecule has 0 radical (unpaired) electrons. The Bertz CT molecular complexity index is 1210. The van der Waals surface area contributed by atoms with Crippen LogP contribution < -0.4 is 5.32 Å². The fourth-order valence-electron chi connectivity index (χ4n) is 3.36. The van der Waals surface area contributed by atoms with Crippen LogP contribution in [-0.2, 0) is 12.2 Å². The summed E-state index contributed by atoms with van der Waals surface area (Å²) in [4.78, 5) is 17.0. The Morgan fingerprint density at radius 1 is 1.00 bits per heavy atom. The van der Waals surface area contributed by atoms with E-state index in [1.165, 1.54) is 10.9 Å². The normalized spacial score (nSPS) is 10.6. The van der Waals surface area contributed by atoms with Crippen molar-refractivity contribution in [3.63, 3.8) is 0 Å². The largest absolute Gasteiger partial charge is 0.361 e. The number of carbonyl (C=O) groups is 1. The van der Waals surface area contributed by atoms with Gasteiger partial charge in [-0.15, -0.1) is 11.8 Å². The molecule has 0 aliphatic carbocycles. The first kappa shape index (κ1) is 19.8. The third kappa shape index (κ3) is 4.56. The first-order valence-corrected chi connectivity index (χ1v) is 10.8. The fraction of sp³-hybridized carbons (Fsp3) is 0.120. The molecule has 0 saturated carbocycles. The second-order valence-electron chi connectivity index (χ2n) is 6.96. The summed E-state index contributed by atoms with van der Waals surface area (Å²) in [5.41, 5.74) is 4.78. The molecule has 2 N–H and O–H groups in total. The number of hydrogen-bond donors (Lipinski definition) is 2. The molecule has 30 heavy (non-hydrogen) atoms. The van der Waals surface area contributed by atoms with Crippen molar-refractivity contribution in [3.8, 4) is 6.07 Å². The summed E-state index contributed by atoms with van der Waals surface area (Å²) in [6.07, 6.45) is 2.79. The second-order valence-corrected chi connectivity index (χ2v) is 7.98. The minimum absolute atomic E-state index is 0.0576. The van der Waals surface area contributed by atoms with E-state index >= 15 is 0 Å². The molecule has 148 valence electrons.